The maximum Gasteiger partial charge on any atom is 0.182 e. The number of aryl methyl sites for hydroxylation is 3. The van der Waals surface area contributed by atoms with Gasteiger partial charge in [-0.2, -0.15) is 0 Å². The zero-order chi connectivity index (χ0) is 13.8. The van der Waals surface area contributed by atoms with Crippen LogP contribution in [0.5, 0.6) is 0 Å². The van der Waals surface area contributed by atoms with Crippen LogP contribution in [0.4, 0.5) is 0 Å². The van der Waals surface area contributed by atoms with Crippen molar-refractivity contribution < 1.29 is 0 Å². The van der Waals surface area contributed by atoms with Gasteiger partial charge in [-0.3, -0.25) is 0 Å². The van der Waals surface area contributed by atoms with Gasteiger partial charge >= 0.3 is 0 Å². The van der Waals surface area contributed by atoms with Crippen molar-refractivity contribution in [3.05, 3.63) is 16.8 Å². The second kappa shape index (κ2) is 6.53. The van der Waals surface area contributed by atoms with E-state index in [4.69, 9.17) is 23.2 Å². The third-order valence-corrected chi connectivity index (χ3v) is 3.66. The maximum absolute atomic E-state index is 6.21. The minimum Gasteiger partial charge on any atom is -0.324 e. The molecule has 2 rings (SSSR count). The molecule has 0 spiro atoms. The molecule has 0 atom stereocenters. The van der Waals surface area contributed by atoms with Crippen molar-refractivity contribution in [3.63, 3.8) is 0 Å². The first kappa shape index (κ1) is 14.5. The Bertz CT molecular complexity index is 565. The number of imidazole rings is 1. The van der Waals surface area contributed by atoms with Crippen LogP contribution in [0.15, 0.2) is 0 Å². The van der Waals surface area contributed by atoms with Gasteiger partial charge in [-0.15, -0.1) is 11.6 Å². The third kappa shape index (κ3) is 3.37. The second-order valence-corrected chi connectivity index (χ2v) is 5.38. The SMILES string of the molecule is Cc1nc(Cl)c2c(n1)nc(C)n2CCCCCCCl. The summed E-state index contributed by atoms with van der Waals surface area (Å²) >= 11 is 11.9. The number of unbranched alkanes of at least 4 members (excludes halogenated alkanes) is 3. The summed E-state index contributed by atoms with van der Waals surface area (Å²) in [6.07, 6.45) is 4.50. The van der Waals surface area contributed by atoms with E-state index in [1.807, 2.05) is 13.8 Å². The molecular weight excluding hydrogens is 283 g/mol. The normalized spacial score (nSPS) is 11.4. The van der Waals surface area contributed by atoms with Crippen LogP contribution in [-0.2, 0) is 6.54 Å². The molecule has 104 valence electrons. The Kier molecular flexibility index (Phi) is 4.99. The molecule has 2 heterocycles. The second-order valence-electron chi connectivity index (χ2n) is 4.65. The Hall–Kier alpha value is -0.870. The van der Waals surface area contributed by atoms with Crippen LogP contribution < -0.4 is 0 Å². The van der Waals surface area contributed by atoms with Gasteiger partial charge in [-0.1, -0.05) is 24.4 Å². The first-order chi connectivity index (χ1) is 9.13. The molecule has 0 radical (unpaired) electrons. The summed E-state index contributed by atoms with van der Waals surface area (Å²) in [5, 5.41) is 0.490. The molecule has 0 N–H and O–H groups in total. The Morgan fingerprint density at radius 2 is 1.74 bits per heavy atom. The first-order valence-corrected chi connectivity index (χ1v) is 7.47. The minimum atomic E-state index is 0.490. The number of fused-ring (bicyclic) bond motifs is 1. The fraction of sp³-hybridized carbons (Fsp3) is 0.615. The molecule has 0 saturated carbocycles. The lowest BCUT2D eigenvalue weighted by Gasteiger charge is -2.07. The predicted molar refractivity (Wildman–Crippen MR) is 79.0 cm³/mol. The Morgan fingerprint density at radius 3 is 2.47 bits per heavy atom. The van der Waals surface area contributed by atoms with Crippen molar-refractivity contribution in [2.24, 2.45) is 0 Å². The lowest BCUT2D eigenvalue weighted by atomic mass is 10.2. The van der Waals surface area contributed by atoms with Gasteiger partial charge in [-0.05, 0) is 26.7 Å². The standard InChI is InChI=1S/C13H18Cl2N4/c1-9-16-12(15)11-13(17-9)18-10(2)19(11)8-6-4-3-5-7-14/h3-8H2,1-2H3. The van der Waals surface area contributed by atoms with Crippen molar-refractivity contribution >= 4 is 34.4 Å². The molecule has 6 heteroatoms. The van der Waals surface area contributed by atoms with E-state index < -0.39 is 0 Å². The van der Waals surface area contributed by atoms with Crippen molar-refractivity contribution in [1.29, 1.82) is 0 Å². The van der Waals surface area contributed by atoms with E-state index in [1.54, 1.807) is 0 Å². The zero-order valence-corrected chi connectivity index (χ0v) is 12.8. The van der Waals surface area contributed by atoms with Crippen LogP contribution in [0, 0.1) is 13.8 Å². The van der Waals surface area contributed by atoms with Gasteiger partial charge in [-0.25, -0.2) is 15.0 Å². The molecule has 0 aliphatic rings. The van der Waals surface area contributed by atoms with E-state index in [0.29, 0.717) is 16.6 Å². The molecule has 2 aromatic heterocycles. The summed E-state index contributed by atoms with van der Waals surface area (Å²) in [7, 11) is 0. The zero-order valence-electron chi connectivity index (χ0n) is 11.3. The maximum atomic E-state index is 6.21. The number of aromatic nitrogens is 4. The molecule has 0 bridgehead atoms. The summed E-state index contributed by atoms with van der Waals surface area (Å²) in [5.41, 5.74) is 1.54. The quantitative estimate of drug-likeness (QED) is 0.462. The Balaban J connectivity index is 2.16. The van der Waals surface area contributed by atoms with Gasteiger partial charge < -0.3 is 4.57 Å². The minimum absolute atomic E-state index is 0.490. The van der Waals surface area contributed by atoms with Gasteiger partial charge in [0.2, 0.25) is 0 Å². The Labute approximate surface area is 123 Å². The van der Waals surface area contributed by atoms with Crippen molar-refractivity contribution in [2.45, 2.75) is 46.1 Å². The lowest BCUT2D eigenvalue weighted by Crippen LogP contribution is -2.02. The largest absolute Gasteiger partial charge is 0.324 e. The van der Waals surface area contributed by atoms with E-state index in [2.05, 4.69) is 19.5 Å². The van der Waals surface area contributed by atoms with Gasteiger partial charge in [0, 0.05) is 12.4 Å². The lowest BCUT2D eigenvalue weighted by molar-refractivity contribution is 0.583. The summed E-state index contributed by atoms with van der Waals surface area (Å²) in [6.45, 7) is 4.70. The monoisotopic (exact) mass is 300 g/mol. The summed E-state index contributed by atoms with van der Waals surface area (Å²) in [5.74, 6) is 2.34. The average molecular weight is 301 g/mol. The Morgan fingerprint density at radius 1 is 1.00 bits per heavy atom. The third-order valence-electron chi connectivity index (χ3n) is 3.13. The van der Waals surface area contributed by atoms with E-state index in [-0.39, 0.29) is 0 Å². The summed E-state index contributed by atoms with van der Waals surface area (Å²) in [4.78, 5) is 13.0. The number of nitrogens with zero attached hydrogens (tertiary/aromatic N) is 4. The molecule has 0 aromatic carbocycles. The van der Waals surface area contributed by atoms with E-state index in [0.717, 1.165) is 43.0 Å². The van der Waals surface area contributed by atoms with Crippen LogP contribution >= 0.6 is 23.2 Å². The van der Waals surface area contributed by atoms with Crippen molar-refractivity contribution in [2.75, 3.05) is 5.88 Å². The van der Waals surface area contributed by atoms with Crippen molar-refractivity contribution in [3.8, 4) is 0 Å². The van der Waals surface area contributed by atoms with Gasteiger partial charge in [0.15, 0.2) is 10.8 Å². The highest BCUT2D eigenvalue weighted by Gasteiger charge is 2.13. The molecule has 0 aliphatic carbocycles. The number of hydrogen-bond donors (Lipinski definition) is 0. The number of alkyl halides is 1. The smallest absolute Gasteiger partial charge is 0.182 e. The van der Waals surface area contributed by atoms with E-state index in [1.165, 1.54) is 6.42 Å². The van der Waals surface area contributed by atoms with Crippen molar-refractivity contribution in [1.82, 2.24) is 19.5 Å². The van der Waals surface area contributed by atoms with Gasteiger partial charge in [0.25, 0.3) is 0 Å². The van der Waals surface area contributed by atoms with Crippen LogP contribution in [0.25, 0.3) is 11.2 Å². The van der Waals surface area contributed by atoms with Crippen LogP contribution in [-0.4, -0.2) is 25.4 Å². The van der Waals surface area contributed by atoms with Gasteiger partial charge in [0.1, 0.15) is 17.2 Å². The molecule has 0 amide bonds. The average Bonchev–Trinajstić information content (AvgIpc) is 2.65. The van der Waals surface area contributed by atoms with E-state index in [9.17, 15) is 0 Å². The highest BCUT2D eigenvalue weighted by Crippen LogP contribution is 2.22. The highest BCUT2D eigenvalue weighted by molar-refractivity contribution is 6.33. The first-order valence-electron chi connectivity index (χ1n) is 6.56. The topological polar surface area (TPSA) is 43.6 Å². The molecule has 0 aliphatic heterocycles. The summed E-state index contributed by atoms with van der Waals surface area (Å²) < 4.78 is 2.11. The molecule has 19 heavy (non-hydrogen) atoms. The predicted octanol–water partition coefficient (Wildman–Crippen LogP) is 3.90. The van der Waals surface area contributed by atoms with Crippen LogP contribution in [0.1, 0.15) is 37.3 Å². The highest BCUT2D eigenvalue weighted by atomic mass is 35.5. The van der Waals surface area contributed by atoms with Crippen LogP contribution in [0.2, 0.25) is 5.15 Å². The fourth-order valence-electron chi connectivity index (χ4n) is 2.20. The number of rotatable bonds is 6. The molecule has 0 fully saturated rings. The fourth-order valence-corrected chi connectivity index (χ4v) is 2.69. The summed E-state index contributed by atoms with van der Waals surface area (Å²) in [6, 6.07) is 0. The van der Waals surface area contributed by atoms with Crippen LogP contribution in [0.3, 0.4) is 0 Å². The molecule has 4 nitrogen and oxygen atoms in total. The number of hydrogen-bond acceptors (Lipinski definition) is 3. The number of halogens is 2. The van der Waals surface area contributed by atoms with Gasteiger partial charge in [0.05, 0.1) is 0 Å². The molecular formula is C13H18Cl2N4. The molecule has 2 aromatic rings. The van der Waals surface area contributed by atoms with E-state index >= 15 is 0 Å². The molecule has 0 unspecified atom stereocenters. The molecule has 0 saturated heterocycles.